The first-order valence-electron chi connectivity index (χ1n) is 9.30. The van der Waals surface area contributed by atoms with Crippen LogP contribution in [0.15, 0.2) is 75.2 Å². The fraction of sp³-hybridized carbons (Fsp3) is 0.0952. The number of thioether (sulfide) groups is 1. The van der Waals surface area contributed by atoms with E-state index in [1.54, 1.807) is 29.3 Å². The maximum atomic E-state index is 12.8. The minimum absolute atomic E-state index is 0.00641. The van der Waals surface area contributed by atoms with E-state index in [1.165, 1.54) is 23.9 Å². The van der Waals surface area contributed by atoms with Gasteiger partial charge in [-0.1, -0.05) is 30.0 Å². The van der Waals surface area contributed by atoms with Crippen LogP contribution < -0.4 is 15.9 Å². The number of nitro groups is 1. The van der Waals surface area contributed by atoms with Crippen LogP contribution in [-0.4, -0.2) is 27.3 Å². The molecule has 5 rings (SSSR count). The monoisotopic (exact) mass is 433 g/mol. The van der Waals surface area contributed by atoms with E-state index >= 15 is 0 Å². The highest BCUT2D eigenvalue weighted by atomic mass is 32.2. The minimum Gasteiger partial charge on any atom is -0.457 e. The second kappa shape index (κ2) is 7.40. The average Bonchev–Trinajstić information content (AvgIpc) is 3.28. The Morgan fingerprint density at radius 3 is 2.65 bits per heavy atom. The summed E-state index contributed by atoms with van der Waals surface area (Å²) in [5, 5.41) is 21.6. The number of carbonyl (C=O) groups excluding carboxylic acids is 1. The van der Waals surface area contributed by atoms with Gasteiger partial charge in [0.05, 0.1) is 10.3 Å². The van der Waals surface area contributed by atoms with Crippen molar-refractivity contribution in [2.75, 3.05) is 6.26 Å². The fourth-order valence-electron chi connectivity index (χ4n) is 3.50. The number of non-ortho nitro benzene ring substituents is 1. The lowest BCUT2D eigenvalue weighted by Crippen LogP contribution is -2.50. The zero-order chi connectivity index (χ0) is 21.5. The van der Waals surface area contributed by atoms with Crippen molar-refractivity contribution in [3.8, 4) is 11.3 Å². The van der Waals surface area contributed by atoms with Crippen LogP contribution in [0.3, 0.4) is 0 Å². The number of benzene rings is 2. The van der Waals surface area contributed by atoms with Crippen LogP contribution >= 0.6 is 11.8 Å². The fourth-order valence-corrected chi connectivity index (χ4v) is 3.86. The minimum atomic E-state index is -0.662. The topological polar surface area (TPSA) is 113 Å². The van der Waals surface area contributed by atoms with Crippen molar-refractivity contribution in [3.05, 3.63) is 87.1 Å². The molecule has 0 saturated heterocycles. The summed E-state index contributed by atoms with van der Waals surface area (Å²) in [7, 11) is 0. The van der Waals surface area contributed by atoms with Crippen LogP contribution in [0.2, 0.25) is 0 Å². The molecule has 1 amide bonds. The lowest BCUT2D eigenvalue weighted by atomic mass is 10.1. The van der Waals surface area contributed by atoms with Gasteiger partial charge in [-0.05, 0) is 36.6 Å². The number of hydrogen-bond donors (Lipinski definition) is 1. The Kier molecular flexibility index (Phi) is 4.55. The van der Waals surface area contributed by atoms with Gasteiger partial charge in [-0.3, -0.25) is 20.2 Å². The lowest BCUT2D eigenvalue weighted by Gasteiger charge is -2.32. The van der Waals surface area contributed by atoms with Gasteiger partial charge in [0, 0.05) is 22.9 Å². The number of rotatable bonds is 3. The molecule has 2 aliphatic heterocycles. The summed E-state index contributed by atoms with van der Waals surface area (Å²) in [5.41, 5.74) is 1.11. The third-order valence-corrected chi connectivity index (χ3v) is 5.52. The van der Waals surface area contributed by atoms with E-state index in [0.29, 0.717) is 38.5 Å². The number of furan rings is 1. The van der Waals surface area contributed by atoms with Gasteiger partial charge in [-0.2, -0.15) is 0 Å². The zero-order valence-electron chi connectivity index (χ0n) is 16.2. The third-order valence-electron chi connectivity index (χ3n) is 4.95. The van der Waals surface area contributed by atoms with Crippen molar-refractivity contribution >= 4 is 34.2 Å². The number of amidine groups is 1. The van der Waals surface area contributed by atoms with E-state index in [1.807, 2.05) is 30.5 Å². The Labute approximate surface area is 179 Å². The summed E-state index contributed by atoms with van der Waals surface area (Å²) in [4.78, 5) is 28.1. The summed E-state index contributed by atoms with van der Waals surface area (Å²) in [6.45, 7) is 0. The molecule has 9 nitrogen and oxygen atoms in total. The van der Waals surface area contributed by atoms with Crippen molar-refractivity contribution < 1.29 is 14.1 Å². The second-order valence-electron chi connectivity index (χ2n) is 6.78. The van der Waals surface area contributed by atoms with Crippen LogP contribution in [-0.2, 0) is 4.79 Å². The summed E-state index contributed by atoms with van der Waals surface area (Å²) >= 11 is 1.33. The third kappa shape index (κ3) is 3.26. The number of nitrogens with zero attached hydrogens (tertiary/aromatic N) is 4. The first kappa shape index (κ1) is 19.1. The van der Waals surface area contributed by atoms with E-state index < -0.39 is 11.1 Å². The molecule has 0 radical (unpaired) electrons. The molecule has 0 saturated carbocycles. The number of amides is 1. The number of fused-ring (bicyclic) bond motifs is 2. The van der Waals surface area contributed by atoms with E-state index in [2.05, 4.69) is 10.4 Å². The van der Waals surface area contributed by atoms with Gasteiger partial charge in [0.15, 0.2) is 10.9 Å². The van der Waals surface area contributed by atoms with Gasteiger partial charge in [0.1, 0.15) is 11.5 Å². The van der Waals surface area contributed by atoms with E-state index in [-0.39, 0.29) is 11.6 Å². The molecule has 2 aliphatic rings. The smallest absolute Gasteiger partial charge is 0.276 e. The Bertz CT molecular complexity index is 1360. The standard InChI is InChI=1S/C21H15N5O4S/c1-31-21-23-20(27)18-14-4-2-3-5-15(14)22-19(25(18)24-21)17-11-10-16(30-17)12-6-8-13(9-7-12)26(28)29/h2-11,19H,1H3,(H,23,24,27)/t19-/m0/s1. The first-order valence-corrected chi connectivity index (χ1v) is 10.5. The summed E-state index contributed by atoms with van der Waals surface area (Å²) in [6.07, 6.45) is 1.16. The van der Waals surface area contributed by atoms with Crippen molar-refractivity contribution in [1.82, 2.24) is 10.3 Å². The number of hydrazone groups is 1. The normalized spacial score (nSPS) is 17.3. The highest BCUT2D eigenvalue weighted by molar-refractivity contribution is 8.13. The number of nitro benzene ring substituents is 1. The Morgan fingerprint density at radius 1 is 1.13 bits per heavy atom. The van der Waals surface area contributed by atoms with Crippen molar-refractivity contribution in [2.45, 2.75) is 6.17 Å². The molecule has 154 valence electrons. The summed E-state index contributed by atoms with van der Waals surface area (Å²) in [6, 6.07) is 17.0. The summed E-state index contributed by atoms with van der Waals surface area (Å²) in [5.74, 6) is 0.782. The molecule has 2 aromatic carbocycles. The molecule has 1 N–H and O–H groups in total. The van der Waals surface area contributed by atoms with Crippen molar-refractivity contribution in [1.29, 1.82) is 0 Å². The zero-order valence-corrected chi connectivity index (χ0v) is 17.0. The molecule has 1 atom stereocenters. The van der Waals surface area contributed by atoms with Crippen LogP contribution in [0.5, 0.6) is 0 Å². The maximum Gasteiger partial charge on any atom is 0.276 e. The molecule has 0 aliphatic carbocycles. The van der Waals surface area contributed by atoms with Crippen LogP contribution in [0.4, 0.5) is 5.69 Å². The molecule has 0 unspecified atom stereocenters. The number of carbonyl (C=O) groups is 1. The van der Waals surface area contributed by atoms with Gasteiger partial charge in [0.25, 0.3) is 11.6 Å². The highest BCUT2D eigenvalue weighted by Gasteiger charge is 2.35. The molecule has 31 heavy (non-hydrogen) atoms. The Balaban J connectivity index is 1.60. The SMILES string of the molecule is CSC1=NN2C(=c3ccccc3=N[C@@H]2c2ccc(-c3ccc([N+](=O)[O-])cc3)o2)C(=O)N1. The van der Waals surface area contributed by atoms with Gasteiger partial charge >= 0.3 is 0 Å². The van der Waals surface area contributed by atoms with Crippen molar-refractivity contribution in [2.24, 2.45) is 10.1 Å². The van der Waals surface area contributed by atoms with E-state index in [0.717, 1.165) is 0 Å². The Hall–Kier alpha value is -3.92. The van der Waals surface area contributed by atoms with Gasteiger partial charge in [-0.15, -0.1) is 5.10 Å². The molecule has 3 aromatic rings. The Morgan fingerprint density at radius 2 is 1.90 bits per heavy atom. The number of nitrogens with one attached hydrogen (secondary N) is 1. The number of para-hydroxylation sites is 1. The van der Waals surface area contributed by atoms with Gasteiger partial charge < -0.3 is 4.42 Å². The largest absolute Gasteiger partial charge is 0.457 e. The predicted octanol–water partition coefficient (Wildman–Crippen LogP) is 2.36. The van der Waals surface area contributed by atoms with Gasteiger partial charge in [0.2, 0.25) is 6.17 Å². The molecular formula is C21H15N5O4S. The molecule has 3 heterocycles. The molecule has 0 spiro atoms. The quantitative estimate of drug-likeness (QED) is 0.501. The molecular weight excluding hydrogens is 418 g/mol. The van der Waals surface area contributed by atoms with E-state index in [4.69, 9.17) is 9.41 Å². The predicted molar refractivity (Wildman–Crippen MR) is 115 cm³/mol. The number of hydrogen-bond acceptors (Lipinski definition) is 8. The van der Waals surface area contributed by atoms with Crippen LogP contribution in [0, 0.1) is 10.1 Å². The maximum absolute atomic E-state index is 12.8. The summed E-state index contributed by atoms with van der Waals surface area (Å²) < 4.78 is 6.05. The second-order valence-corrected chi connectivity index (χ2v) is 7.58. The molecule has 0 bridgehead atoms. The van der Waals surface area contributed by atoms with Crippen molar-refractivity contribution in [3.63, 3.8) is 0 Å². The average molecular weight is 433 g/mol. The molecule has 10 heteroatoms. The van der Waals surface area contributed by atoms with Gasteiger partial charge in [-0.25, -0.2) is 10.0 Å². The van der Waals surface area contributed by atoms with Crippen LogP contribution in [0.25, 0.3) is 17.0 Å². The van der Waals surface area contributed by atoms with Crippen LogP contribution in [0.1, 0.15) is 11.9 Å². The van der Waals surface area contributed by atoms with E-state index in [9.17, 15) is 14.9 Å². The molecule has 1 aromatic heterocycles. The molecule has 0 fully saturated rings. The lowest BCUT2D eigenvalue weighted by molar-refractivity contribution is -0.384. The highest BCUT2D eigenvalue weighted by Crippen LogP contribution is 2.34. The first-order chi connectivity index (χ1) is 15.0.